The van der Waals surface area contributed by atoms with Crippen molar-refractivity contribution >= 4 is 30.4 Å². The number of esters is 2. The van der Waals surface area contributed by atoms with Gasteiger partial charge in [0, 0.05) is 6.42 Å². The van der Waals surface area contributed by atoms with E-state index in [2.05, 4.69) is 9.47 Å². The Kier molecular flexibility index (Phi) is 16.2. The van der Waals surface area contributed by atoms with E-state index in [0.717, 1.165) is 32.1 Å². The van der Waals surface area contributed by atoms with Gasteiger partial charge in [-0.15, -0.1) is 0 Å². The first-order valence-electron chi connectivity index (χ1n) is 15.5. The van der Waals surface area contributed by atoms with Crippen LogP contribution in [0.15, 0.2) is 0 Å². The zero-order valence-electron chi connectivity index (χ0n) is 26.6. The van der Waals surface area contributed by atoms with E-state index in [1.54, 1.807) is 0 Å². The molecule has 0 aromatic rings. The minimum atomic E-state index is -0.773. The maximum absolute atomic E-state index is 12.8. The first-order chi connectivity index (χ1) is 20.6. The molecule has 6 fully saturated rings. The Labute approximate surface area is 287 Å². The molecule has 13 nitrogen and oxygen atoms in total. The Morgan fingerprint density at radius 2 is 1.10 bits per heavy atom. The number of hydrogen-bond acceptors (Lipinski definition) is 13. The smallest absolute Gasteiger partial charge is 0.461 e. The van der Waals surface area contributed by atoms with E-state index < -0.39 is 52.7 Å². The van der Waals surface area contributed by atoms with Crippen molar-refractivity contribution in [1.29, 1.82) is 0 Å². The summed E-state index contributed by atoms with van der Waals surface area (Å²) in [7, 11) is 0. The van der Waals surface area contributed by atoms with Crippen LogP contribution < -0.4 is 0 Å². The Morgan fingerprint density at radius 1 is 0.688 bits per heavy atom. The summed E-state index contributed by atoms with van der Waals surface area (Å²) in [5, 5.41) is 0. The molecule has 0 aromatic carbocycles. The standard InChI is InChI=1S/C21H30O8.C10H16O5.4CH4/c1-4-19(2,3)16(22)28-20-6-13-5-14(7-20)9-21(8-13,12-20)29-18(24)26-11-15-10-25-17(23)27-15;1-4-10(2,3)8(11)13-5-7-6-14-9(12)15-7;;;;/h13-15H,4-12H2,1-3H3;7H,4-6H2,1-3H3;4*1H4. The molecule has 13 heteroatoms. The van der Waals surface area contributed by atoms with Crippen LogP contribution in [0.25, 0.3) is 0 Å². The van der Waals surface area contributed by atoms with Gasteiger partial charge in [0.2, 0.25) is 0 Å². The summed E-state index contributed by atoms with van der Waals surface area (Å²) >= 11 is 0. The summed E-state index contributed by atoms with van der Waals surface area (Å²) in [6, 6.07) is 0. The maximum atomic E-state index is 12.8. The zero-order chi connectivity index (χ0) is 32.3. The van der Waals surface area contributed by atoms with Gasteiger partial charge in [-0.1, -0.05) is 43.6 Å². The van der Waals surface area contributed by atoms with Crippen LogP contribution in [0.5, 0.6) is 0 Å². The van der Waals surface area contributed by atoms with E-state index in [0.29, 0.717) is 31.1 Å². The van der Waals surface area contributed by atoms with Crippen LogP contribution in [0.2, 0.25) is 0 Å². The molecule has 280 valence electrons. The summed E-state index contributed by atoms with van der Waals surface area (Å²) in [4.78, 5) is 58.2. The highest BCUT2D eigenvalue weighted by Gasteiger charge is 2.62. The third kappa shape index (κ3) is 10.9. The molecule has 0 N–H and O–H groups in total. The average Bonchev–Trinajstić information content (AvgIpc) is 3.56. The lowest BCUT2D eigenvalue weighted by molar-refractivity contribution is -0.228. The minimum absolute atomic E-state index is 0. The van der Waals surface area contributed by atoms with Crippen molar-refractivity contribution in [1.82, 2.24) is 0 Å². The van der Waals surface area contributed by atoms with Gasteiger partial charge in [-0.05, 0) is 84.5 Å². The molecule has 2 aliphatic heterocycles. The van der Waals surface area contributed by atoms with E-state index in [4.69, 9.17) is 28.4 Å². The van der Waals surface area contributed by atoms with Crippen LogP contribution in [0, 0.1) is 22.7 Å². The number of carbonyl (C=O) groups is 5. The van der Waals surface area contributed by atoms with Gasteiger partial charge in [-0.3, -0.25) is 9.59 Å². The maximum Gasteiger partial charge on any atom is 0.508 e. The molecule has 2 heterocycles. The van der Waals surface area contributed by atoms with Crippen LogP contribution >= 0.6 is 0 Å². The summed E-state index contributed by atoms with van der Waals surface area (Å²) in [5.74, 6) is 0.298. The second-order valence-corrected chi connectivity index (χ2v) is 14.1. The summed E-state index contributed by atoms with van der Waals surface area (Å²) in [6.45, 7) is 11.5. The molecule has 4 aliphatic carbocycles. The van der Waals surface area contributed by atoms with E-state index in [9.17, 15) is 24.0 Å². The van der Waals surface area contributed by atoms with Gasteiger partial charge in [0.15, 0.2) is 12.2 Å². The van der Waals surface area contributed by atoms with Crippen molar-refractivity contribution in [3.8, 4) is 0 Å². The second kappa shape index (κ2) is 17.4. The van der Waals surface area contributed by atoms with Gasteiger partial charge in [0.1, 0.15) is 37.6 Å². The minimum Gasteiger partial charge on any atom is -0.461 e. The lowest BCUT2D eigenvalue weighted by Gasteiger charge is -2.60. The molecule has 48 heavy (non-hydrogen) atoms. The van der Waals surface area contributed by atoms with Gasteiger partial charge < -0.3 is 37.9 Å². The lowest BCUT2D eigenvalue weighted by Crippen LogP contribution is -2.62. The first kappa shape index (κ1) is 44.8. The fourth-order valence-corrected chi connectivity index (χ4v) is 6.58. The Morgan fingerprint density at radius 3 is 1.52 bits per heavy atom. The van der Waals surface area contributed by atoms with Crippen LogP contribution in [-0.2, 0) is 47.5 Å². The first-order valence-corrected chi connectivity index (χ1v) is 15.5. The quantitative estimate of drug-likeness (QED) is 0.162. The van der Waals surface area contributed by atoms with Crippen LogP contribution in [0.4, 0.5) is 14.4 Å². The third-order valence-electron chi connectivity index (χ3n) is 9.52. The zero-order valence-corrected chi connectivity index (χ0v) is 26.6. The summed E-state index contributed by atoms with van der Waals surface area (Å²) in [6.07, 6.45) is 2.95. The van der Waals surface area contributed by atoms with Crippen molar-refractivity contribution < 1.29 is 61.9 Å². The van der Waals surface area contributed by atoms with Gasteiger partial charge in [-0.2, -0.15) is 0 Å². The highest BCUT2D eigenvalue weighted by molar-refractivity contribution is 5.76. The second-order valence-electron chi connectivity index (χ2n) is 14.1. The van der Waals surface area contributed by atoms with E-state index >= 15 is 0 Å². The van der Waals surface area contributed by atoms with Crippen LogP contribution in [0.1, 0.15) is 123 Å². The van der Waals surface area contributed by atoms with Crippen molar-refractivity contribution in [2.45, 2.75) is 146 Å². The number of carbonyl (C=O) groups excluding carboxylic acids is 5. The van der Waals surface area contributed by atoms with Crippen LogP contribution in [0.3, 0.4) is 0 Å². The van der Waals surface area contributed by atoms with Gasteiger partial charge >= 0.3 is 30.4 Å². The Balaban J connectivity index is 0.00000101. The van der Waals surface area contributed by atoms with Crippen LogP contribution in [-0.4, -0.2) is 80.2 Å². The van der Waals surface area contributed by atoms with Crippen molar-refractivity contribution in [2.75, 3.05) is 26.4 Å². The number of cyclic esters (lactones) is 4. The molecular formula is C35H62O13. The number of hydrogen-bond donors (Lipinski definition) is 0. The SMILES string of the molecule is C.C.C.C.CCC(C)(C)C(=O)OC12CC3CC(CC(OC(=O)OCC4COC(=O)O4)(C3)C1)C2.CCC(C)(C)C(=O)OCC1COC(=O)O1. The number of rotatable bonds is 10. The fourth-order valence-electron chi connectivity index (χ4n) is 6.58. The molecular weight excluding hydrogens is 628 g/mol. The van der Waals surface area contributed by atoms with Crippen molar-refractivity contribution in [3.05, 3.63) is 0 Å². The Hall–Kier alpha value is -3.25. The predicted molar refractivity (Wildman–Crippen MR) is 177 cm³/mol. The molecule has 4 bridgehead atoms. The lowest BCUT2D eigenvalue weighted by atomic mass is 9.52. The third-order valence-corrected chi connectivity index (χ3v) is 9.52. The Bertz CT molecular complexity index is 1100. The molecule has 6 rings (SSSR count). The monoisotopic (exact) mass is 690 g/mol. The molecule has 6 aliphatic rings. The predicted octanol–water partition coefficient (Wildman–Crippen LogP) is 7.79. The molecule has 0 aromatic heterocycles. The average molecular weight is 691 g/mol. The molecule has 0 radical (unpaired) electrons. The van der Waals surface area contributed by atoms with Crippen molar-refractivity contribution in [3.63, 3.8) is 0 Å². The van der Waals surface area contributed by atoms with Gasteiger partial charge in [-0.25, -0.2) is 14.4 Å². The normalized spacial score (nSPS) is 29.2. The van der Waals surface area contributed by atoms with Gasteiger partial charge in [0.05, 0.1) is 10.8 Å². The summed E-state index contributed by atoms with van der Waals surface area (Å²) < 4.78 is 41.0. The molecule has 0 spiro atoms. The highest BCUT2D eigenvalue weighted by Crippen LogP contribution is 2.60. The summed E-state index contributed by atoms with van der Waals surface area (Å²) in [5.41, 5.74) is -2.23. The highest BCUT2D eigenvalue weighted by atomic mass is 16.8. The molecule has 4 unspecified atom stereocenters. The molecule has 4 saturated carbocycles. The van der Waals surface area contributed by atoms with E-state index in [-0.39, 0.29) is 68.1 Å². The van der Waals surface area contributed by atoms with E-state index in [1.807, 2.05) is 41.5 Å². The van der Waals surface area contributed by atoms with Gasteiger partial charge in [0.25, 0.3) is 0 Å². The molecule has 2 saturated heterocycles. The van der Waals surface area contributed by atoms with Crippen molar-refractivity contribution in [2.24, 2.45) is 22.7 Å². The largest absolute Gasteiger partial charge is 0.508 e. The number of ether oxygens (including phenoxy) is 8. The molecule has 0 amide bonds. The topological polar surface area (TPSA) is 159 Å². The van der Waals surface area contributed by atoms with E-state index in [1.165, 1.54) is 0 Å². The molecule has 4 atom stereocenters. The fraction of sp³-hybridized carbons (Fsp3) is 0.857.